The molecule has 0 aliphatic heterocycles. The molecule has 0 fully saturated rings. The van der Waals surface area contributed by atoms with Gasteiger partial charge >= 0.3 is 12.5 Å². The molecule has 0 saturated carbocycles. The molecule has 2 nitrogen and oxygen atoms in total. The van der Waals surface area contributed by atoms with Gasteiger partial charge in [-0.3, -0.25) is 0 Å². The van der Waals surface area contributed by atoms with Crippen molar-refractivity contribution in [1.29, 1.82) is 0 Å². The van der Waals surface area contributed by atoms with Crippen LogP contribution < -0.4 is 10.5 Å². The molecule has 0 aliphatic carbocycles. The van der Waals surface area contributed by atoms with Crippen molar-refractivity contribution in [3.05, 3.63) is 29.8 Å². The number of hydrogen-bond acceptors (Lipinski definition) is 2. The summed E-state index contributed by atoms with van der Waals surface area (Å²) in [6, 6.07) is 5.31. The van der Waals surface area contributed by atoms with Crippen LogP contribution in [-0.4, -0.2) is 12.5 Å². The van der Waals surface area contributed by atoms with E-state index >= 15 is 0 Å². The Bertz CT molecular complexity index is 412. The smallest absolute Gasteiger partial charge is 0.428 e. The van der Waals surface area contributed by atoms with Crippen molar-refractivity contribution in [2.24, 2.45) is 5.73 Å². The third-order valence-corrected chi connectivity index (χ3v) is 2.91. The highest BCUT2D eigenvalue weighted by molar-refractivity contribution is 5.30. The van der Waals surface area contributed by atoms with Gasteiger partial charge in [0.1, 0.15) is 5.75 Å². The Morgan fingerprint density at radius 2 is 1.95 bits per heavy atom. The van der Waals surface area contributed by atoms with Crippen LogP contribution in [-0.2, 0) is 0 Å². The van der Waals surface area contributed by atoms with Crippen LogP contribution in [0.25, 0.3) is 0 Å². The van der Waals surface area contributed by atoms with E-state index in [1.165, 1.54) is 18.2 Å². The van der Waals surface area contributed by atoms with Crippen LogP contribution >= 0.6 is 0 Å². The minimum absolute atomic E-state index is 0.307. The van der Waals surface area contributed by atoms with Gasteiger partial charge in [-0.2, -0.15) is 17.6 Å². The summed E-state index contributed by atoms with van der Waals surface area (Å²) >= 11 is 0. The maximum absolute atomic E-state index is 12.8. The van der Waals surface area contributed by atoms with E-state index in [9.17, 15) is 17.6 Å². The Hall–Kier alpha value is -1.30. The highest BCUT2D eigenvalue weighted by atomic mass is 19.3. The van der Waals surface area contributed by atoms with E-state index in [-0.39, 0.29) is 11.8 Å². The van der Waals surface area contributed by atoms with Crippen molar-refractivity contribution < 1.29 is 22.3 Å². The Morgan fingerprint density at radius 3 is 2.55 bits per heavy atom. The largest absolute Gasteiger partial charge is 0.461 e. The van der Waals surface area contributed by atoms with Crippen LogP contribution in [0.3, 0.4) is 0 Å². The Balaban J connectivity index is 2.70. The van der Waals surface area contributed by atoms with E-state index < -0.39 is 12.5 Å². The molecule has 2 N–H and O–H groups in total. The molecular weight excluding hydrogens is 274 g/mol. The number of ether oxygens (including phenoxy) is 1. The summed E-state index contributed by atoms with van der Waals surface area (Å²) in [4.78, 5) is 0. The van der Waals surface area contributed by atoms with Crippen LogP contribution in [0.15, 0.2) is 24.3 Å². The zero-order valence-corrected chi connectivity index (χ0v) is 11.3. The first kappa shape index (κ1) is 16.8. The topological polar surface area (TPSA) is 35.2 Å². The van der Waals surface area contributed by atoms with Crippen molar-refractivity contribution in [1.82, 2.24) is 0 Å². The molecular formula is C14H19F4NO. The third kappa shape index (κ3) is 5.00. The van der Waals surface area contributed by atoms with Gasteiger partial charge in [0.05, 0.1) is 0 Å². The number of alkyl halides is 4. The molecule has 0 aromatic heterocycles. The molecule has 20 heavy (non-hydrogen) atoms. The predicted octanol–water partition coefficient (Wildman–Crippen LogP) is 4.50. The average Bonchev–Trinajstić information content (AvgIpc) is 2.38. The Labute approximate surface area is 115 Å². The van der Waals surface area contributed by atoms with E-state index in [0.29, 0.717) is 12.0 Å². The summed E-state index contributed by atoms with van der Waals surface area (Å²) in [5.74, 6) is -0.307. The van der Waals surface area contributed by atoms with Crippen molar-refractivity contribution in [2.75, 3.05) is 0 Å². The van der Waals surface area contributed by atoms with Crippen LogP contribution in [0.4, 0.5) is 17.6 Å². The highest BCUT2D eigenvalue weighted by Gasteiger charge is 2.43. The monoisotopic (exact) mass is 293 g/mol. The molecule has 0 saturated heterocycles. The molecule has 0 radical (unpaired) electrons. The van der Waals surface area contributed by atoms with Crippen molar-refractivity contribution in [2.45, 2.75) is 51.2 Å². The van der Waals surface area contributed by atoms with Crippen LogP contribution in [0.5, 0.6) is 5.75 Å². The normalized spacial score (nSPS) is 13.6. The number of hydrogen-bond donors (Lipinski definition) is 1. The second-order valence-corrected chi connectivity index (χ2v) is 4.64. The highest BCUT2D eigenvalue weighted by Crippen LogP contribution is 2.29. The van der Waals surface area contributed by atoms with E-state index in [4.69, 9.17) is 5.73 Å². The second-order valence-electron chi connectivity index (χ2n) is 4.64. The summed E-state index contributed by atoms with van der Waals surface area (Å²) in [6.45, 7) is 2.06. The quantitative estimate of drug-likeness (QED) is 0.565. The fraction of sp³-hybridized carbons (Fsp3) is 0.571. The van der Waals surface area contributed by atoms with Gasteiger partial charge in [-0.05, 0) is 24.1 Å². The van der Waals surface area contributed by atoms with Gasteiger partial charge in [0.2, 0.25) is 0 Å². The summed E-state index contributed by atoms with van der Waals surface area (Å²) in [7, 11) is 0. The minimum Gasteiger partial charge on any atom is -0.428 e. The number of nitrogens with two attached hydrogens (primary N) is 1. The molecule has 0 amide bonds. The first-order valence-corrected chi connectivity index (χ1v) is 6.57. The first-order valence-electron chi connectivity index (χ1n) is 6.57. The van der Waals surface area contributed by atoms with E-state index in [0.717, 1.165) is 19.3 Å². The predicted molar refractivity (Wildman–Crippen MR) is 69.1 cm³/mol. The molecule has 1 atom stereocenters. The van der Waals surface area contributed by atoms with Gasteiger partial charge in [-0.15, -0.1) is 0 Å². The number of benzene rings is 1. The summed E-state index contributed by atoms with van der Waals surface area (Å²) < 4.78 is 53.8. The number of unbranched alkanes of at least 4 members (excludes halogenated alkanes) is 2. The lowest BCUT2D eigenvalue weighted by atomic mass is 10.0. The number of rotatable bonds is 8. The Morgan fingerprint density at radius 1 is 1.25 bits per heavy atom. The first-order chi connectivity index (χ1) is 9.36. The van der Waals surface area contributed by atoms with Crippen LogP contribution in [0.1, 0.15) is 44.2 Å². The van der Waals surface area contributed by atoms with E-state index in [1.54, 1.807) is 6.07 Å². The van der Waals surface area contributed by atoms with Crippen molar-refractivity contribution in [3.63, 3.8) is 0 Å². The molecule has 0 aliphatic rings. The molecule has 0 heterocycles. The molecule has 0 bridgehead atoms. The molecule has 1 aromatic rings. The van der Waals surface area contributed by atoms with E-state index in [2.05, 4.69) is 11.7 Å². The van der Waals surface area contributed by atoms with Gasteiger partial charge < -0.3 is 10.5 Å². The fourth-order valence-electron chi connectivity index (χ4n) is 1.79. The summed E-state index contributed by atoms with van der Waals surface area (Å²) in [5, 5.41) is 0. The molecule has 1 rings (SSSR count). The molecule has 6 heteroatoms. The van der Waals surface area contributed by atoms with Gasteiger partial charge in [0, 0.05) is 6.04 Å². The van der Waals surface area contributed by atoms with Crippen molar-refractivity contribution >= 4 is 0 Å². The van der Waals surface area contributed by atoms with Gasteiger partial charge in [-0.25, -0.2) is 0 Å². The zero-order valence-electron chi connectivity index (χ0n) is 11.3. The lowest BCUT2D eigenvalue weighted by Crippen LogP contribution is -2.33. The summed E-state index contributed by atoms with van der Waals surface area (Å²) in [6.07, 6.45) is -4.64. The lowest BCUT2D eigenvalue weighted by molar-refractivity contribution is -0.253. The van der Waals surface area contributed by atoms with E-state index in [1.807, 2.05) is 0 Å². The second kappa shape index (κ2) is 7.47. The summed E-state index contributed by atoms with van der Waals surface area (Å²) in [5.41, 5.74) is 6.54. The Kier molecular flexibility index (Phi) is 6.26. The average molecular weight is 293 g/mol. The lowest BCUT2D eigenvalue weighted by Gasteiger charge is -2.18. The third-order valence-electron chi connectivity index (χ3n) is 2.91. The van der Waals surface area contributed by atoms with Gasteiger partial charge in [-0.1, -0.05) is 38.3 Å². The standard InChI is InChI=1S/C14H19F4NO/c1-2-3-4-8-12(19)10-6-5-7-11(9-10)20-14(17,18)13(15)16/h5-7,9,12-13H,2-4,8,19H2,1H3/t12-/m0/s1. The molecule has 0 spiro atoms. The molecule has 114 valence electrons. The molecule has 0 unspecified atom stereocenters. The SMILES string of the molecule is CCCCC[C@H](N)c1cccc(OC(F)(F)C(F)F)c1. The van der Waals surface area contributed by atoms with Crippen LogP contribution in [0, 0.1) is 0 Å². The zero-order chi connectivity index (χ0) is 15.2. The maximum atomic E-state index is 12.8. The van der Waals surface area contributed by atoms with Gasteiger partial charge in [0.25, 0.3) is 0 Å². The fourth-order valence-corrected chi connectivity index (χ4v) is 1.79. The minimum atomic E-state index is -4.50. The van der Waals surface area contributed by atoms with Crippen LogP contribution in [0.2, 0.25) is 0 Å². The number of halogens is 4. The maximum Gasteiger partial charge on any atom is 0.461 e. The molecule has 1 aromatic carbocycles. The van der Waals surface area contributed by atoms with Crippen molar-refractivity contribution in [3.8, 4) is 5.75 Å². The van der Waals surface area contributed by atoms with Gasteiger partial charge in [0.15, 0.2) is 0 Å².